The zero-order chi connectivity index (χ0) is 42.9. The van der Waals surface area contributed by atoms with Crippen molar-refractivity contribution >= 4 is 34.6 Å². The Morgan fingerprint density at radius 1 is 1.12 bits per heavy atom. The lowest BCUT2D eigenvalue weighted by Crippen LogP contribution is -2.62. The molecular weight excluding hydrogens is 763 g/mol. The molecule has 3 atom stereocenters. The molecule has 0 unspecified atom stereocenters. The van der Waals surface area contributed by atoms with Gasteiger partial charge in [-0.2, -0.15) is 0 Å². The predicted octanol–water partition coefficient (Wildman–Crippen LogP) is 4.59. The molecule has 0 radical (unpaired) electrons. The first-order valence-electron chi connectivity index (χ1n) is 21.1. The van der Waals surface area contributed by atoms with Crippen molar-refractivity contribution in [3.63, 3.8) is 0 Å². The number of fused-ring (bicyclic) bond motifs is 6. The van der Waals surface area contributed by atoms with E-state index in [2.05, 4.69) is 58.5 Å². The number of phenolic OH excluding ortho intramolecular Hbond substituents is 1. The van der Waals surface area contributed by atoms with Gasteiger partial charge in [0.05, 0.1) is 24.8 Å². The molecule has 4 aromatic rings. The Labute approximate surface area is 352 Å². The van der Waals surface area contributed by atoms with E-state index in [1.165, 1.54) is 9.91 Å². The number of nitrogens with zero attached hydrogens (tertiary/aromatic N) is 4. The summed E-state index contributed by atoms with van der Waals surface area (Å²) in [5.41, 5.74) is 9.91. The minimum absolute atomic E-state index is 0.0145. The Morgan fingerprint density at radius 3 is 2.60 bits per heavy atom. The van der Waals surface area contributed by atoms with Crippen LogP contribution in [0.3, 0.4) is 0 Å². The summed E-state index contributed by atoms with van der Waals surface area (Å²) in [7, 11) is 3.31. The van der Waals surface area contributed by atoms with Crippen molar-refractivity contribution in [3.8, 4) is 28.1 Å². The van der Waals surface area contributed by atoms with E-state index in [9.17, 15) is 24.3 Å². The van der Waals surface area contributed by atoms with Gasteiger partial charge in [-0.15, -0.1) is 0 Å². The van der Waals surface area contributed by atoms with Crippen molar-refractivity contribution in [1.29, 1.82) is 0 Å². The molecule has 7 rings (SSSR count). The van der Waals surface area contributed by atoms with Crippen molar-refractivity contribution in [1.82, 2.24) is 35.5 Å². The molecule has 14 nitrogen and oxygen atoms in total. The molecule has 5 heterocycles. The number of phenols is 1. The number of rotatable bonds is 9. The van der Waals surface area contributed by atoms with Gasteiger partial charge < -0.3 is 34.7 Å². The van der Waals surface area contributed by atoms with Crippen molar-refractivity contribution in [3.05, 3.63) is 71.5 Å². The highest BCUT2D eigenvalue weighted by molar-refractivity contribution is 5.96. The van der Waals surface area contributed by atoms with Crippen LogP contribution in [0.25, 0.3) is 33.3 Å². The number of hydrazine groups is 1. The summed E-state index contributed by atoms with van der Waals surface area (Å²) < 4.78 is 14.0. The van der Waals surface area contributed by atoms with E-state index < -0.39 is 41.3 Å². The lowest BCUT2D eigenvalue weighted by Gasteiger charge is -2.38. The van der Waals surface area contributed by atoms with Gasteiger partial charge in [-0.1, -0.05) is 39.8 Å². The molecular formula is C46H59N7O7. The Hall–Kier alpha value is -5.31. The van der Waals surface area contributed by atoms with Crippen molar-refractivity contribution in [2.24, 2.45) is 17.3 Å². The van der Waals surface area contributed by atoms with Gasteiger partial charge in [-0.25, -0.2) is 5.43 Å². The van der Waals surface area contributed by atoms with Crippen molar-refractivity contribution in [2.75, 3.05) is 40.4 Å². The summed E-state index contributed by atoms with van der Waals surface area (Å²) in [5.74, 6) is -1.93. The number of cyclic esters (lactones) is 1. The number of aryl methyl sites for hydroxylation is 1. The Bertz CT molecular complexity index is 2260. The van der Waals surface area contributed by atoms with Gasteiger partial charge >= 0.3 is 5.97 Å². The monoisotopic (exact) mass is 821 g/mol. The highest BCUT2D eigenvalue weighted by atomic mass is 16.5. The lowest BCUT2D eigenvalue weighted by atomic mass is 9.84. The van der Waals surface area contributed by atoms with Crippen molar-refractivity contribution < 1.29 is 33.8 Å². The molecule has 6 bridgehead atoms. The molecule has 4 N–H and O–H groups in total. The van der Waals surface area contributed by atoms with Crippen LogP contribution in [-0.2, 0) is 54.6 Å². The second-order valence-corrected chi connectivity index (χ2v) is 17.7. The summed E-state index contributed by atoms with van der Waals surface area (Å²) in [6, 6.07) is 10.8. The maximum absolute atomic E-state index is 14.6. The fourth-order valence-electron chi connectivity index (χ4n) is 9.00. The number of methoxy groups -OCH3 is 1. The number of carbonyl (C=O) groups excluding carboxylic acids is 4. The molecule has 3 aliphatic rings. The van der Waals surface area contributed by atoms with E-state index in [-0.39, 0.29) is 36.5 Å². The van der Waals surface area contributed by atoms with Crippen LogP contribution in [0.15, 0.2) is 54.9 Å². The highest BCUT2D eigenvalue weighted by Gasteiger charge is 2.39. The molecule has 3 aliphatic heterocycles. The predicted molar refractivity (Wildman–Crippen MR) is 228 cm³/mol. The van der Waals surface area contributed by atoms with Crippen molar-refractivity contribution in [2.45, 2.75) is 91.6 Å². The summed E-state index contributed by atoms with van der Waals surface area (Å²) in [6.45, 7) is 12.7. The number of esters is 1. The summed E-state index contributed by atoms with van der Waals surface area (Å²) in [4.78, 5) is 62.0. The fourth-order valence-corrected chi connectivity index (χ4v) is 9.00. The molecule has 60 heavy (non-hydrogen) atoms. The topological polar surface area (TPSA) is 167 Å². The number of hydrogen-bond donors (Lipinski definition) is 4. The van der Waals surface area contributed by atoms with Crippen LogP contribution < -0.4 is 16.1 Å². The number of benzene rings is 2. The molecule has 320 valence electrons. The smallest absolute Gasteiger partial charge is 0.324 e. The van der Waals surface area contributed by atoms with Crippen LogP contribution in [-0.4, -0.2) is 107 Å². The van der Waals surface area contributed by atoms with Gasteiger partial charge in [-0.3, -0.25) is 29.2 Å². The van der Waals surface area contributed by atoms with Crippen LogP contribution in [0.5, 0.6) is 5.75 Å². The third kappa shape index (κ3) is 8.77. The van der Waals surface area contributed by atoms with E-state index >= 15 is 0 Å². The molecule has 2 fully saturated rings. The standard InChI is InChI=1S/C46H59N7O7/c1-8-52-39-12-11-29-20-34(39)35(41(52)36-24-47-14-13-30(36)25-59-7)21-46(4,5)26-60-45(58)37-10-9-15-53(50-37)44(57)38(18-28-16-31(29)19-33(54)17-28)49-42(55)40(27(2)3)51(6)43(56)32-22-48-23-32/h11-14,16-17,19-20,24,27,32,37-38,40,48,50,54H,8-10,15,18,21-23,25-26H2,1-7H3,(H,49,55)/t37-,38-,40-/m0/s1. The fraction of sp³-hybridized carbons (Fsp3) is 0.500. The Kier molecular flexibility index (Phi) is 12.6. The number of pyridine rings is 1. The number of aromatic hydroxyl groups is 1. The van der Waals surface area contributed by atoms with Crippen LogP contribution in [0.4, 0.5) is 0 Å². The quantitative estimate of drug-likeness (QED) is 0.176. The molecule has 0 aliphatic carbocycles. The van der Waals surface area contributed by atoms with Gasteiger partial charge in [-0.05, 0) is 90.3 Å². The van der Waals surface area contributed by atoms with Crippen LogP contribution in [0, 0.1) is 17.3 Å². The van der Waals surface area contributed by atoms with Crippen LogP contribution in [0.1, 0.15) is 64.2 Å². The molecule has 2 aromatic heterocycles. The Morgan fingerprint density at radius 2 is 1.90 bits per heavy atom. The molecule has 0 spiro atoms. The number of hydrogen-bond acceptors (Lipinski definition) is 10. The number of nitrogens with one attached hydrogen (secondary N) is 3. The van der Waals surface area contributed by atoms with E-state index in [1.54, 1.807) is 32.5 Å². The van der Waals surface area contributed by atoms with Gasteiger partial charge in [0.15, 0.2) is 0 Å². The molecule has 2 saturated heterocycles. The summed E-state index contributed by atoms with van der Waals surface area (Å²) >= 11 is 0. The van der Waals surface area contributed by atoms with E-state index in [0.717, 1.165) is 44.4 Å². The van der Waals surface area contributed by atoms with E-state index in [4.69, 9.17) is 9.47 Å². The van der Waals surface area contributed by atoms with Gasteiger partial charge in [0.2, 0.25) is 11.8 Å². The van der Waals surface area contributed by atoms with Crippen LogP contribution >= 0.6 is 0 Å². The van der Waals surface area contributed by atoms with E-state index in [1.807, 2.05) is 38.2 Å². The molecule has 14 heteroatoms. The maximum atomic E-state index is 14.6. The average Bonchev–Trinajstić information content (AvgIpc) is 3.49. The van der Waals surface area contributed by atoms with Gasteiger partial charge in [0.25, 0.3) is 5.91 Å². The molecule has 3 amide bonds. The third-order valence-corrected chi connectivity index (χ3v) is 12.1. The first kappa shape index (κ1) is 42.8. The van der Waals surface area contributed by atoms with Crippen LogP contribution in [0.2, 0.25) is 0 Å². The highest BCUT2D eigenvalue weighted by Crippen LogP contribution is 2.41. The number of likely N-dealkylation sites (N-methyl/N-ethyl adjacent to an activating group) is 1. The lowest BCUT2D eigenvalue weighted by molar-refractivity contribution is -0.155. The minimum Gasteiger partial charge on any atom is -0.508 e. The van der Waals surface area contributed by atoms with Gasteiger partial charge in [0.1, 0.15) is 23.9 Å². The molecule has 0 saturated carbocycles. The zero-order valence-corrected chi connectivity index (χ0v) is 35.8. The number of ether oxygens (including phenoxy) is 2. The summed E-state index contributed by atoms with van der Waals surface area (Å²) in [5, 5.41) is 19.8. The molecule has 2 aromatic carbocycles. The van der Waals surface area contributed by atoms with Gasteiger partial charge in [0, 0.05) is 81.0 Å². The van der Waals surface area contributed by atoms with E-state index in [0.29, 0.717) is 57.6 Å². The number of carbonyl (C=O) groups is 4. The average molecular weight is 822 g/mol. The number of aromatic nitrogens is 2. The Balaban J connectivity index is 1.34. The SMILES string of the molecule is CCn1c(-c2cnccc2COC)c2c3cc(ccc31)-c1cc(O)cc(c1)C[C@H](NC(=O)[C@H](C(C)C)N(C)C(=O)C1CNC1)C(=O)N1CCC[C@H](N1)C(=O)OCC(C)(C)C2. The normalized spacial score (nSPS) is 20.3. The summed E-state index contributed by atoms with van der Waals surface area (Å²) in [6.07, 6.45) is 5.26. The second-order valence-electron chi connectivity index (χ2n) is 17.7. The largest absolute Gasteiger partial charge is 0.508 e. The maximum Gasteiger partial charge on any atom is 0.324 e. The zero-order valence-electron chi connectivity index (χ0n) is 35.8. The first-order valence-corrected chi connectivity index (χ1v) is 21.1. The second kappa shape index (κ2) is 17.7. The third-order valence-electron chi connectivity index (χ3n) is 12.1. The first-order chi connectivity index (χ1) is 28.7. The number of amides is 3. The minimum atomic E-state index is -1.10.